The molecule has 134 valence electrons. The van der Waals surface area contributed by atoms with Crippen LogP contribution in [0, 0.1) is 0 Å². The first-order valence-electron chi connectivity index (χ1n) is 7.33. The molecule has 0 radical (unpaired) electrons. The number of unbranched alkanes of at least 4 members (excludes halogenated alkanes) is 1. The predicted molar refractivity (Wildman–Crippen MR) is 103 cm³/mol. The van der Waals surface area contributed by atoms with Gasteiger partial charge in [-0.3, -0.25) is 0 Å². The fourth-order valence-electron chi connectivity index (χ4n) is 2.44. The second-order valence-electron chi connectivity index (χ2n) is 5.59. The van der Waals surface area contributed by atoms with Crippen molar-refractivity contribution in [2.24, 2.45) is 0 Å². The van der Waals surface area contributed by atoms with Crippen LogP contribution in [0.3, 0.4) is 0 Å². The zero-order valence-electron chi connectivity index (χ0n) is 13.9. The van der Waals surface area contributed by atoms with Gasteiger partial charge in [0.15, 0.2) is 0 Å². The number of rotatable bonds is 6. The van der Waals surface area contributed by atoms with E-state index in [0.717, 1.165) is 5.67 Å². The van der Waals surface area contributed by atoms with E-state index in [0.29, 0.717) is 0 Å². The molecule has 2 aromatic carbocycles. The van der Waals surface area contributed by atoms with Crippen LogP contribution in [0.25, 0.3) is 0 Å². The maximum Gasteiger partial charge on any atom is 4.00 e. The van der Waals surface area contributed by atoms with Gasteiger partial charge in [0.1, 0.15) is 0 Å². The molecule has 0 N–H and O–H groups in total. The van der Waals surface area contributed by atoms with Gasteiger partial charge in [0.25, 0.3) is 0 Å². The fraction of sp³-hybridized carbons (Fsp3) is 0.375. The van der Waals surface area contributed by atoms with Crippen molar-refractivity contribution in [2.75, 3.05) is 0 Å². The first-order chi connectivity index (χ1) is 9.87. The van der Waals surface area contributed by atoms with Crippen LogP contribution >= 0.6 is 33.2 Å². The van der Waals surface area contributed by atoms with Crippen molar-refractivity contribution in [2.45, 2.75) is 38.0 Å². The van der Waals surface area contributed by atoms with Crippen molar-refractivity contribution in [3.05, 3.63) is 54.6 Å². The van der Waals surface area contributed by atoms with Gasteiger partial charge in [0.2, 0.25) is 0 Å². The SMILES string of the molecule is CCCC[Si](C)(C[Si](Cl)(Cl)Cl)[c-]1cccc1.[Cl-].[Cl-].[Zr+4].c1cc[cH-]c1. The average Bonchev–Trinajstić information content (AvgIpc) is 3.08. The number of hydrogen-bond acceptors (Lipinski definition) is 0. The van der Waals surface area contributed by atoms with E-state index in [-0.39, 0.29) is 51.0 Å². The van der Waals surface area contributed by atoms with Crippen LogP contribution in [0.2, 0.25) is 18.3 Å². The van der Waals surface area contributed by atoms with Gasteiger partial charge in [-0.25, -0.2) is 24.3 Å². The van der Waals surface area contributed by atoms with Gasteiger partial charge in [0.05, 0.1) is 0 Å². The monoisotopic (exact) mass is 536 g/mol. The third kappa shape index (κ3) is 12.8. The fourth-order valence-corrected chi connectivity index (χ4v) is 17.9. The average molecular weight is 540 g/mol. The molecule has 0 nitrogen and oxygen atoms in total. The summed E-state index contributed by atoms with van der Waals surface area (Å²) < 4.78 is 0. The Hall–Kier alpha value is 1.47. The summed E-state index contributed by atoms with van der Waals surface area (Å²) in [6.07, 6.45) is 2.45. The molecule has 0 aliphatic rings. The molecule has 0 aromatic heterocycles. The minimum atomic E-state index is -2.52. The summed E-state index contributed by atoms with van der Waals surface area (Å²) in [4.78, 5) is 0. The van der Waals surface area contributed by atoms with Gasteiger partial charge >= 0.3 is 32.2 Å². The quantitative estimate of drug-likeness (QED) is 0.278. The van der Waals surface area contributed by atoms with E-state index >= 15 is 0 Å². The Morgan fingerprint density at radius 3 is 1.79 bits per heavy atom. The number of hydrogen-bond donors (Lipinski definition) is 0. The van der Waals surface area contributed by atoms with E-state index in [9.17, 15) is 0 Å². The summed E-state index contributed by atoms with van der Waals surface area (Å²) >= 11 is 18.4. The van der Waals surface area contributed by atoms with Gasteiger partial charge in [-0.1, -0.05) is 32.4 Å². The Kier molecular flexibility index (Phi) is 19.5. The summed E-state index contributed by atoms with van der Waals surface area (Å²) in [5, 5.41) is 1.44. The Morgan fingerprint density at radius 2 is 1.46 bits per heavy atom. The standard InChI is InChI=1S/C11H18Cl3Si2.C5H5.2ClH.Zr/c1-3-4-9-15(2,10-16(12,13)14)11-7-5-6-8-11;1-2-4-5-3-1;;;/h5-8H,3-4,9-10H2,1-2H3;1-5H;2*1H;/q2*-1;;;+4/p-2. The maximum atomic E-state index is 6.12. The predicted octanol–water partition coefficient (Wildman–Crippen LogP) is 0.0967. The Labute approximate surface area is 194 Å². The van der Waals surface area contributed by atoms with Gasteiger partial charge in [-0.2, -0.15) is 35.5 Å². The van der Waals surface area contributed by atoms with E-state index in [4.69, 9.17) is 33.2 Å². The summed E-state index contributed by atoms with van der Waals surface area (Å²) in [5.41, 5.74) is 0.842. The Morgan fingerprint density at radius 1 is 0.958 bits per heavy atom. The van der Waals surface area contributed by atoms with Crippen molar-refractivity contribution in [1.82, 2.24) is 0 Å². The molecule has 0 saturated heterocycles. The Bertz CT molecular complexity index is 454. The van der Waals surface area contributed by atoms with Crippen molar-refractivity contribution in [3.8, 4) is 0 Å². The molecule has 2 aromatic rings. The largest absolute Gasteiger partial charge is 4.00 e. The molecule has 0 amide bonds. The molecule has 0 heterocycles. The summed E-state index contributed by atoms with van der Waals surface area (Å²) in [5.74, 6) is 0. The van der Waals surface area contributed by atoms with Crippen molar-refractivity contribution >= 4 is 52.5 Å². The Balaban J connectivity index is -0.000000475. The van der Waals surface area contributed by atoms with Gasteiger partial charge < -0.3 is 24.8 Å². The van der Waals surface area contributed by atoms with Crippen LogP contribution in [0.4, 0.5) is 0 Å². The summed E-state index contributed by atoms with van der Waals surface area (Å²) in [6.45, 7) is 4.57. The second-order valence-corrected chi connectivity index (χ2v) is 20.0. The van der Waals surface area contributed by atoms with Crippen LogP contribution in [0.5, 0.6) is 0 Å². The van der Waals surface area contributed by atoms with Crippen LogP contribution < -0.4 is 30.0 Å². The molecular weight excluding hydrogens is 517 g/mol. The first kappa shape index (κ1) is 30.2. The van der Waals surface area contributed by atoms with Crippen molar-refractivity contribution in [1.29, 1.82) is 0 Å². The molecule has 8 heteroatoms. The molecule has 0 saturated carbocycles. The molecule has 1 atom stereocenters. The molecule has 0 spiro atoms. The molecule has 0 aliphatic carbocycles. The van der Waals surface area contributed by atoms with E-state index in [1.807, 2.05) is 30.3 Å². The van der Waals surface area contributed by atoms with E-state index in [2.05, 4.69) is 37.7 Å². The van der Waals surface area contributed by atoms with E-state index in [1.54, 1.807) is 0 Å². The van der Waals surface area contributed by atoms with Crippen molar-refractivity contribution < 1.29 is 51.0 Å². The normalized spacial score (nSPS) is 12.4. The van der Waals surface area contributed by atoms with E-state index in [1.165, 1.54) is 24.1 Å². The van der Waals surface area contributed by atoms with E-state index < -0.39 is 14.1 Å². The smallest absolute Gasteiger partial charge is 1.00 e. The minimum Gasteiger partial charge on any atom is -1.00 e. The first-order valence-corrected chi connectivity index (χ1v) is 15.5. The molecule has 24 heavy (non-hydrogen) atoms. The van der Waals surface area contributed by atoms with Gasteiger partial charge in [0, 0.05) is 8.07 Å². The molecule has 0 aliphatic heterocycles. The summed E-state index contributed by atoms with van der Waals surface area (Å²) in [7, 11) is -1.56. The summed E-state index contributed by atoms with van der Waals surface area (Å²) in [6, 6.07) is 17.3. The molecule has 2 rings (SSSR count). The molecule has 1 unspecified atom stereocenters. The van der Waals surface area contributed by atoms with Gasteiger partial charge in [-0.05, 0) is 5.67 Å². The minimum absolute atomic E-state index is 0. The topological polar surface area (TPSA) is 0 Å². The second kappa shape index (κ2) is 15.5. The van der Waals surface area contributed by atoms with Crippen LogP contribution in [0.15, 0.2) is 54.6 Å². The zero-order chi connectivity index (χ0) is 15.8. The van der Waals surface area contributed by atoms with Crippen LogP contribution in [0.1, 0.15) is 19.8 Å². The number of halogens is 5. The van der Waals surface area contributed by atoms with Gasteiger partial charge in [-0.15, -0.1) is 33.2 Å². The maximum absolute atomic E-state index is 6.12. The zero-order valence-corrected chi connectivity index (χ0v) is 22.2. The van der Waals surface area contributed by atoms with Crippen LogP contribution in [-0.2, 0) is 26.2 Å². The van der Waals surface area contributed by atoms with Crippen LogP contribution in [-0.4, -0.2) is 14.1 Å². The van der Waals surface area contributed by atoms with Crippen molar-refractivity contribution in [3.63, 3.8) is 0 Å². The third-order valence-electron chi connectivity index (χ3n) is 3.59. The molecular formula is C16H23Cl5Si2Zr. The molecule has 0 fully saturated rings. The molecule has 0 bridgehead atoms. The third-order valence-corrected chi connectivity index (χ3v) is 15.1.